The van der Waals surface area contributed by atoms with Gasteiger partial charge in [0.1, 0.15) is 0 Å². The summed E-state index contributed by atoms with van der Waals surface area (Å²) in [6.07, 6.45) is 0. The maximum Gasteiger partial charge on any atom is 0.261 e. The molecule has 0 aromatic heterocycles. The van der Waals surface area contributed by atoms with Crippen LogP contribution in [0.15, 0.2) is 23.1 Å². The molecule has 0 fully saturated rings. The Morgan fingerprint density at radius 1 is 1.33 bits per heavy atom. The van der Waals surface area contributed by atoms with Crippen molar-refractivity contribution in [1.29, 1.82) is 0 Å². The zero-order valence-electron chi connectivity index (χ0n) is 8.99. The van der Waals surface area contributed by atoms with Crippen molar-refractivity contribution in [1.82, 2.24) is 4.90 Å². The number of rotatable bonds is 3. The quantitative estimate of drug-likeness (QED) is 0.767. The maximum atomic E-state index is 11.1. The third-order valence-corrected chi connectivity index (χ3v) is 3.48. The summed E-state index contributed by atoms with van der Waals surface area (Å²) in [5.41, 5.74) is 1.76. The molecule has 0 aliphatic rings. The summed E-state index contributed by atoms with van der Waals surface area (Å²) >= 11 is 0. The highest BCUT2D eigenvalue weighted by Crippen LogP contribution is 2.20. The molecule has 0 atom stereocenters. The van der Waals surface area contributed by atoms with Crippen molar-refractivity contribution >= 4 is 19.7 Å². The van der Waals surface area contributed by atoms with Crippen LogP contribution in [0.1, 0.15) is 11.1 Å². The Bertz CT molecular complexity index is 454. The van der Waals surface area contributed by atoms with Crippen molar-refractivity contribution in [2.24, 2.45) is 0 Å². The standard InChI is InChI=1S/C10H14ClNO2S/c1-8-6-9(7-12(2)3)4-5-10(8)15(11,13)14/h4-6H,7H2,1-3H3. The molecule has 15 heavy (non-hydrogen) atoms. The predicted octanol–water partition coefficient (Wildman–Crippen LogP) is 1.98. The van der Waals surface area contributed by atoms with Crippen molar-refractivity contribution in [3.63, 3.8) is 0 Å². The fourth-order valence-electron chi connectivity index (χ4n) is 1.45. The Kier molecular flexibility index (Phi) is 3.76. The largest absolute Gasteiger partial charge is 0.305 e. The lowest BCUT2D eigenvalue weighted by Crippen LogP contribution is -2.11. The normalized spacial score (nSPS) is 12.1. The van der Waals surface area contributed by atoms with Gasteiger partial charge in [-0.15, -0.1) is 0 Å². The summed E-state index contributed by atoms with van der Waals surface area (Å²) in [6, 6.07) is 5.17. The minimum absolute atomic E-state index is 0.187. The Labute approximate surface area is 95.1 Å². The molecular formula is C10H14ClNO2S. The Balaban J connectivity index is 3.09. The summed E-state index contributed by atoms with van der Waals surface area (Å²) in [6.45, 7) is 2.53. The van der Waals surface area contributed by atoms with Crippen molar-refractivity contribution in [3.05, 3.63) is 29.3 Å². The van der Waals surface area contributed by atoms with E-state index >= 15 is 0 Å². The molecule has 0 heterocycles. The number of halogens is 1. The molecule has 0 unspecified atom stereocenters. The van der Waals surface area contributed by atoms with Gasteiger partial charge in [0.2, 0.25) is 0 Å². The zero-order valence-corrected chi connectivity index (χ0v) is 10.6. The lowest BCUT2D eigenvalue weighted by atomic mass is 10.1. The first kappa shape index (κ1) is 12.5. The summed E-state index contributed by atoms with van der Waals surface area (Å²) < 4.78 is 22.3. The van der Waals surface area contributed by atoms with E-state index in [9.17, 15) is 8.42 Å². The van der Waals surface area contributed by atoms with Crippen LogP contribution in [0.4, 0.5) is 0 Å². The number of nitrogens with zero attached hydrogens (tertiary/aromatic N) is 1. The smallest absolute Gasteiger partial charge is 0.261 e. The van der Waals surface area contributed by atoms with Crippen LogP contribution in [0.5, 0.6) is 0 Å². The van der Waals surface area contributed by atoms with Crippen LogP contribution in [0.3, 0.4) is 0 Å². The van der Waals surface area contributed by atoms with E-state index in [1.165, 1.54) is 0 Å². The Morgan fingerprint density at radius 3 is 2.33 bits per heavy atom. The van der Waals surface area contributed by atoms with E-state index in [0.717, 1.165) is 12.1 Å². The van der Waals surface area contributed by atoms with Crippen LogP contribution >= 0.6 is 10.7 Å². The van der Waals surface area contributed by atoms with Crippen LogP contribution < -0.4 is 0 Å². The molecule has 0 saturated carbocycles. The number of aryl methyl sites for hydroxylation is 1. The molecule has 0 bridgehead atoms. The third-order valence-electron chi connectivity index (χ3n) is 2.00. The minimum atomic E-state index is -3.62. The minimum Gasteiger partial charge on any atom is -0.305 e. The molecule has 84 valence electrons. The van der Waals surface area contributed by atoms with E-state index in [0.29, 0.717) is 5.56 Å². The van der Waals surface area contributed by atoms with Gasteiger partial charge < -0.3 is 4.90 Å². The van der Waals surface area contributed by atoms with Gasteiger partial charge in [0.25, 0.3) is 9.05 Å². The second kappa shape index (κ2) is 4.51. The SMILES string of the molecule is Cc1cc(CN(C)C)ccc1S(=O)(=O)Cl. The fourth-order valence-corrected chi connectivity index (χ4v) is 2.64. The summed E-state index contributed by atoms with van der Waals surface area (Å²) in [5.74, 6) is 0. The maximum absolute atomic E-state index is 11.1. The van der Waals surface area contributed by atoms with Crippen LogP contribution in [0.25, 0.3) is 0 Å². The van der Waals surface area contributed by atoms with Gasteiger partial charge in [0.05, 0.1) is 4.90 Å². The van der Waals surface area contributed by atoms with Crippen LogP contribution in [-0.2, 0) is 15.6 Å². The van der Waals surface area contributed by atoms with E-state index in [-0.39, 0.29) is 4.90 Å². The first-order valence-corrected chi connectivity index (χ1v) is 6.80. The second-order valence-electron chi connectivity index (χ2n) is 3.78. The lowest BCUT2D eigenvalue weighted by molar-refractivity contribution is 0.402. The molecule has 5 heteroatoms. The van der Waals surface area contributed by atoms with Crippen LogP contribution in [-0.4, -0.2) is 27.4 Å². The second-order valence-corrected chi connectivity index (χ2v) is 6.31. The molecule has 1 rings (SSSR count). The Hall–Kier alpha value is -0.580. The molecular weight excluding hydrogens is 234 g/mol. The highest BCUT2D eigenvalue weighted by Gasteiger charge is 2.13. The molecule has 0 amide bonds. The first-order valence-electron chi connectivity index (χ1n) is 4.49. The third kappa shape index (κ3) is 3.48. The van der Waals surface area contributed by atoms with E-state index in [4.69, 9.17) is 10.7 Å². The van der Waals surface area contributed by atoms with E-state index in [1.54, 1.807) is 19.1 Å². The molecule has 0 aliphatic carbocycles. The molecule has 0 radical (unpaired) electrons. The molecule has 0 saturated heterocycles. The van der Waals surface area contributed by atoms with Gasteiger partial charge in [-0.05, 0) is 38.2 Å². The van der Waals surface area contributed by atoms with Crippen molar-refractivity contribution in [3.8, 4) is 0 Å². The lowest BCUT2D eigenvalue weighted by Gasteiger charge is -2.11. The molecule has 1 aromatic carbocycles. The van der Waals surface area contributed by atoms with E-state index in [1.807, 2.05) is 25.1 Å². The van der Waals surface area contributed by atoms with Gasteiger partial charge in [-0.3, -0.25) is 0 Å². The topological polar surface area (TPSA) is 37.4 Å². The van der Waals surface area contributed by atoms with E-state index in [2.05, 4.69) is 0 Å². The zero-order chi connectivity index (χ0) is 11.6. The van der Waals surface area contributed by atoms with Gasteiger partial charge in [-0.25, -0.2) is 8.42 Å². The summed E-state index contributed by atoms with van der Waals surface area (Å²) in [5, 5.41) is 0. The van der Waals surface area contributed by atoms with Crippen molar-refractivity contribution in [2.75, 3.05) is 14.1 Å². The molecule has 0 aliphatic heterocycles. The first-order chi connectivity index (χ1) is 6.80. The van der Waals surface area contributed by atoms with Gasteiger partial charge in [0.15, 0.2) is 0 Å². The van der Waals surface area contributed by atoms with Crippen LogP contribution in [0.2, 0.25) is 0 Å². The predicted molar refractivity (Wildman–Crippen MR) is 61.6 cm³/mol. The molecule has 3 nitrogen and oxygen atoms in total. The van der Waals surface area contributed by atoms with Crippen molar-refractivity contribution in [2.45, 2.75) is 18.4 Å². The summed E-state index contributed by atoms with van der Waals surface area (Å²) in [4.78, 5) is 2.20. The van der Waals surface area contributed by atoms with Gasteiger partial charge in [-0.1, -0.05) is 12.1 Å². The average molecular weight is 248 g/mol. The molecule has 0 spiro atoms. The van der Waals surface area contributed by atoms with Gasteiger partial charge >= 0.3 is 0 Å². The average Bonchev–Trinajstić information content (AvgIpc) is 1.99. The van der Waals surface area contributed by atoms with Crippen molar-refractivity contribution < 1.29 is 8.42 Å². The highest BCUT2D eigenvalue weighted by molar-refractivity contribution is 8.13. The highest BCUT2D eigenvalue weighted by atomic mass is 35.7. The number of benzene rings is 1. The monoisotopic (exact) mass is 247 g/mol. The van der Waals surface area contributed by atoms with Gasteiger partial charge in [0, 0.05) is 17.2 Å². The van der Waals surface area contributed by atoms with Gasteiger partial charge in [-0.2, -0.15) is 0 Å². The number of hydrogen-bond acceptors (Lipinski definition) is 3. The summed E-state index contributed by atoms with van der Waals surface area (Å²) in [7, 11) is 5.58. The Morgan fingerprint density at radius 2 is 1.93 bits per heavy atom. The van der Waals surface area contributed by atoms with Crippen LogP contribution in [0, 0.1) is 6.92 Å². The molecule has 1 aromatic rings. The fraction of sp³-hybridized carbons (Fsp3) is 0.400. The molecule has 0 N–H and O–H groups in total. The number of hydrogen-bond donors (Lipinski definition) is 0. The van der Waals surface area contributed by atoms with E-state index < -0.39 is 9.05 Å².